The lowest BCUT2D eigenvalue weighted by atomic mass is 9.77. The summed E-state index contributed by atoms with van der Waals surface area (Å²) in [7, 11) is 0. The lowest BCUT2D eigenvalue weighted by Gasteiger charge is -2.28. The Bertz CT molecular complexity index is 915. The minimum atomic E-state index is -1.10. The van der Waals surface area contributed by atoms with E-state index < -0.39 is 23.3 Å². The molecule has 1 aliphatic carbocycles. The Morgan fingerprint density at radius 1 is 1.03 bits per heavy atom. The third-order valence-electron chi connectivity index (χ3n) is 5.59. The molecule has 152 valence electrons. The van der Waals surface area contributed by atoms with Crippen LogP contribution in [0.2, 0.25) is 0 Å². The van der Waals surface area contributed by atoms with Crippen LogP contribution in [-0.2, 0) is 15.0 Å². The molecule has 1 unspecified atom stereocenters. The summed E-state index contributed by atoms with van der Waals surface area (Å²) in [5.41, 5.74) is 2.60. The van der Waals surface area contributed by atoms with E-state index in [1.165, 1.54) is 6.92 Å². The summed E-state index contributed by atoms with van der Waals surface area (Å²) in [6.07, 6.45) is 3.66. The van der Waals surface area contributed by atoms with E-state index in [1.807, 2.05) is 25.1 Å². The van der Waals surface area contributed by atoms with E-state index in [9.17, 15) is 14.4 Å². The van der Waals surface area contributed by atoms with Crippen molar-refractivity contribution in [2.75, 3.05) is 5.32 Å². The van der Waals surface area contributed by atoms with Crippen molar-refractivity contribution in [2.24, 2.45) is 0 Å². The molecule has 0 saturated heterocycles. The average Bonchev–Trinajstić information content (AvgIpc) is 3.19. The molecule has 1 saturated carbocycles. The SMILES string of the molecule is Cc1cccc(C2(C(=O)Nc3ccc(C(=O)NC(C)C(=O)O)cc3)CCCC2)c1. The van der Waals surface area contributed by atoms with Crippen molar-refractivity contribution in [3.8, 4) is 0 Å². The zero-order valence-corrected chi connectivity index (χ0v) is 16.7. The van der Waals surface area contributed by atoms with Crippen LogP contribution in [0, 0.1) is 6.92 Å². The molecule has 6 nitrogen and oxygen atoms in total. The Labute approximate surface area is 170 Å². The number of benzene rings is 2. The number of amides is 2. The molecular weight excluding hydrogens is 368 g/mol. The lowest BCUT2D eigenvalue weighted by Crippen LogP contribution is -2.38. The maximum Gasteiger partial charge on any atom is 0.325 e. The highest BCUT2D eigenvalue weighted by Crippen LogP contribution is 2.42. The Hall–Kier alpha value is -3.15. The molecule has 6 heteroatoms. The highest BCUT2D eigenvalue weighted by molar-refractivity contribution is 6.00. The molecular formula is C23H26N2O4. The van der Waals surface area contributed by atoms with Crippen molar-refractivity contribution in [1.82, 2.24) is 5.32 Å². The van der Waals surface area contributed by atoms with Crippen LogP contribution in [0.15, 0.2) is 48.5 Å². The quantitative estimate of drug-likeness (QED) is 0.697. The van der Waals surface area contributed by atoms with E-state index in [4.69, 9.17) is 5.11 Å². The van der Waals surface area contributed by atoms with Crippen LogP contribution in [0.25, 0.3) is 0 Å². The Kier molecular flexibility index (Phi) is 6.01. The van der Waals surface area contributed by atoms with Crippen molar-refractivity contribution in [3.05, 3.63) is 65.2 Å². The van der Waals surface area contributed by atoms with Crippen LogP contribution in [0.3, 0.4) is 0 Å². The van der Waals surface area contributed by atoms with Gasteiger partial charge < -0.3 is 15.7 Å². The molecule has 2 aromatic rings. The number of anilines is 1. The van der Waals surface area contributed by atoms with Gasteiger partial charge in [0.2, 0.25) is 5.91 Å². The van der Waals surface area contributed by atoms with Gasteiger partial charge in [-0.25, -0.2) is 0 Å². The van der Waals surface area contributed by atoms with Gasteiger partial charge in [0.25, 0.3) is 5.91 Å². The largest absolute Gasteiger partial charge is 0.480 e. The first-order valence-corrected chi connectivity index (χ1v) is 9.84. The van der Waals surface area contributed by atoms with E-state index >= 15 is 0 Å². The van der Waals surface area contributed by atoms with Crippen LogP contribution in [0.1, 0.15) is 54.1 Å². The first kappa shape index (κ1) is 20.6. The van der Waals surface area contributed by atoms with Crippen molar-refractivity contribution in [3.63, 3.8) is 0 Å². The second-order valence-corrected chi connectivity index (χ2v) is 7.72. The number of carbonyl (C=O) groups excluding carboxylic acids is 2. The smallest absolute Gasteiger partial charge is 0.325 e. The summed E-state index contributed by atoms with van der Waals surface area (Å²) in [6.45, 7) is 3.43. The molecule has 1 aliphatic rings. The molecule has 0 radical (unpaired) electrons. The summed E-state index contributed by atoms with van der Waals surface area (Å²) in [6, 6.07) is 13.6. The zero-order valence-electron chi connectivity index (χ0n) is 16.7. The zero-order chi connectivity index (χ0) is 21.0. The molecule has 29 heavy (non-hydrogen) atoms. The van der Waals surface area contributed by atoms with Crippen LogP contribution < -0.4 is 10.6 Å². The Morgan fingerprint density at radius 2 is 1.69 bits per heavy atom. The van der Waals surface area contributed by atoms with Gasteiger partial charge in [-0.05, 0) is 56.5 Å². The third kappa shape index (κ3) is 4.47. The monoisotopic (exact) mass is 394 g/mol. The van der Waals surface area contributed by atoms with E-state index in [2.05, 4.69) is 16.7 Å². The summed E-state index contributed by atoms with van der Waals surface area (Å²) in [4.78, 5) is 36.2. The van der Waals surface area contributed by atoms with Gasteiger partial charge in [-0.15, -0.1) is 0 Å². The fourth-order valence-corrected chi connectivity index (χ4v) is 3.87. The number of nitrogens with one attached hydrogen (secondary N) is 2. The highest BCUT2D eigenvalue weighted by atomic mass is 16.4. The standard InChI is InChI=1S/C23H26N2O4/c1-15-6-5-7-18(14-15)23(12-3-4-13-23)22(29)25-19-10-8-17(9-11-19)20(26)24-16(2)21(27)28/h5-11,14,16H,3-4,12-13H2,1-2H3,(H,24,26)(H,25,29)(H,27,28). The second-order valence-electron chi connectivity index (χ2n) is 7.72. The fourth-order valence-electron chi connectivity index (χ4n) is 3.87. The molecule has 0 spiro atoms. The lowest BCUT2D eigenvalue weighted by molar-refractivity contribution is -0.138. The molecule has 2 aromatic carbocycles. The number of aliphatic carboxylic acids is 1. The topological polar surface area (TPSA) is 95.5 Å². The number of hydrogen-bond acceptors (Lipinski definition) is 3. The molecule has 1 atom stereocenters. The van der Waals surface area contributed by atoms with E-state index in [0.29, 0.717) is 11.3 Å². The van der Waals surface area contributed by atoms with Crippen LogP contribution in [0.4, 0.5) is 5.69 Å². The van der Waals surface area contributed by atoms with Crippen LogP contribution in [-0.4, -0.2) is 28.9 Å². The molecule has 3 rings (SSSR count). The molecule has 1 fully saturated rings. The summed E-state index contributed by atoms with van der Waals surface area (Å²) in [5, 5.41) is 14.3. The first-order chi connectivity index (χ1) is 13.8. The summed E-state index contributed by atoms with van der Waals surface area (Å²) < 4.78 is 0. The molecule has 3 N–H and O–H groups in total. The maximum absolute atomic E-state index is 13.2. The van der Waals surface area contributed by atoms with Crippen molar-refractivity contribution < 1.29 is 19.5 Å². The minimum Gasteiger partial charge on any atom is -0.480 e. The van der Waals surface area contributed by atoms with E-state index in [0.717, 1.165) is 36.8 Å². The predicted molar refractivity (Wildman–Crippen MR) is 111 cm³/mol. The maximum atomic E-state index is 13.2. The number of hydrogen-bond donors (Lipinski definition) is 3. The van der Waals surface area contributed by atoms with Gasteiger partial charge in [0.15, 0.2) is 0 Å². The number of aryl methyl sites for hydroxylation is 1. The summed E-state index contributed by atoms with van der Waals surface area (Å²) >= 11 is 0. The highest BCUT2D eigenvalue weighted by Gasteiger charge is 2.42. The van der Waals surface area contributed by atoms with Gasteiger partial charge in [-0.2, -0.15) is 0 Å². The first-order valence-electron chi connectivity index (χ1n) is 9.84. The normalized spacial score (nSPS) is 16.1. The van der Waals surface area contributed by atoms with Gasteiger partial charge in [0.1, 0.15) is 6.04 Å². The van der Waals surface area contributed by atoms with Crippen molar-refractivity contribution >= 4 is 23.5 Å². The van der Waals surface area contributed by atoms with Crippen molar-refractivity contribution in [1.29, 1.82) is 0 Å². The fraction of sp³-hybridized carbons (Fsp3) is 0.348. The van der Waals surface area contributed by atoms with Crippen LogP contribution in [0.5, 0.6) is 0 Å². The van der Waals surface area contributed by atoms with Crippen LogP contribution >= 0.6 is 0 Å². The van der Waals surface area contributed by atoms with E-state index in [1.54, 1.807) is 24.3 Å². The number of carboxylic acid groups (broad SMARTS) is 1. The van der Waals surface area contributed by atoms with Gasteiger partial charge in [0.05, 0.1) is 5.41 Å². The Morgan fingerprint density at radius 3 is 2.28 bits per heavy atom. The van der Waals surface area contributed by atoms with E-state index in [-0.39, 0.29) is 5.91 Å². The number of carboxylic acids is 1. The average molecular weight is 394 g/mol. The van der Waals surface area contributed by atoms with Gasteiger partial charge in [0, 0.05) is 11.3 Å². The minimum absolute atomic E-state index is 0.0303. The predicted octanol–water partition coefficient (Wildman–Crippen LogP) is 3.65. The molecule has 0 bridgehead atoms. The Balaban J connectivity index is 1.74. The van der Waals surface area contributed by atoms with Gasteiger partial charge in [-0.1, -0.05) is 42.7 Å². The second kappa shape index (κ2) is 8.47. The third-order valence-corrected chi connectivity index (χ3v) is 5.59. The van der Waals surface area contributed by atoms with Gasteiger partial charge in [-0.3, -0.25) is 14.4 Å². The number of carbonyl (C=O) groups is 3. The summed E-state index contributed by atoms with van der Waals surface area (Å²) in [5.74, 6) is -1.60. The van der Waals surface area contributed by atoms with Crippen molar-refractivity contribution in [2.45, 2.75) is 51.0 Å². The molecule has 0 aliphatic heterocycles. The molecule has 2 amide bonds. The number of rotatable bonds is 6. The van der Waals surface area contributed by atoms with Gasteiger partial charge >= 0.3 is 5.97 Å². The molecule has 0 aromatic heterocycles. The molecule has 0 heterocycles.